The van der Waals surface area contributed by atoms with E-state index in [0.29, 0.717) is 28.3 Å². The summed E-state index contributed by atoms with van der Waals surface area (Å²) < 4.78 is 0. The van der Waals surface area contributed by atoms with Crippen LogP contribution in [-0.4, -0.2) is 28.5 Å². The predicted molar refractivity (Wildman–Crippen MR) is 106 cm³/mol. The van der Waals surface area contributed by atoms with E-state index in [1.807, 2.05) is 19.9 Å². The lowest BCUT2D eigenvalue weighted by atomic mass is 10.00. The number of rotatable bonds is 4. The molecule has 0 bridgehead atoms. The van der Waals surface area contributed by atoms with Gasteiger partial charge in [0.1, 0.15) is 17.3 Å². The summed E-state index contributed by atoms with van der Waals surface area (Å²) in [6, 6.07) is 7.72. The summed E-state index contributed by atoms with van der Waals surface area (Å²) in [5, 5.41) is 3.51. The van der Waals surface area contributed by atoms with Gasteiger partial charge in [-0.2, -0.15) is 0 Å². The molecular weight excluding hydrogens is 348 g/mol. The molecule has 2 heterocycles. The van der Waals surface area contributed by atoms with E-state index >= 15 is 0 Å². The average Bonchev–Trinajstić information content (AvgIpc) is 2.64. The van der Waals surface area contributed by atoms with Crippen molar-refractivity contribution in [2.24, 2.45) is 0 Å². The van der Waals surface area contributed by atoms with Crippen molar-refractivity contribution in [2.45, 2.75) is 52.5 Å². The third-order valence-corrected chi connectivity index (χ3v) is 5.13. The highest BCUT2D eigenvalue weighted by Gasteiger charge is 2.23. The van der Waals surface area contributed by atoms with Crippen molar-refractivity contribution in [3.63, 3.8) is 0 Å². The molecule has 1 amide bonds. The molecule has 1 N–H and O–H groups in total. The quantitative estimate of drug-likeness (QED) is 0.839. The van der Waals surface area contributed by atoms with E-state index in [-0.39, 0.29) is 5.91 Å². The maximum atomic E-state index is 12.8. The van der Waals surface area contributed by atoms with Crippen molar-refractivity contribution in [1.82, 2.24) is 9.97 Å². The topological polar surface area (TPSA) is 58.1 Å². The number of anilines is 2. The normalized spacial score (nSPS) is 17.2. The van der Waals surface area contributed by atoms with Crippen molar-refractivity contribution >= 4 is 29.0 Å². The van der Waals surface area contributed by atoms with Gasteiger partial charge in [0.15, 0.2) is 0 Å². The van der Waals surface area contributed by atoms with Crippen LogP contribution in [0.5, 0.6) is 0 Å². The zero-order chi connectivity index (χ0) is 18.7. The van der Waals surface area contributed by atoms with E-state index < -0.39 is 0 Å². The smallest absolute Gasteiger partial charge is 0.274 e. The molecule has 1 atom stereocenters. The van der Waals surface area contributed by atoms with Crippen LogP contribution in [0.2, 0.25) is 5.02 Å². The SMILES string of the molecule is CCC1CCCCN1c1cc(C(=O)Nc2cc(Cl)ccc2C)nc(C)n1. The molecule has 1 aliphatic rings. The molecule has 138 valence electrons. The van der Waals surface area contributed by atoms with E-state index in [1.165, 1.54) is 12.8 Å². The summed E-state index contributed by atoms with van der Waals surface area (Å²) in [4.78, 5) is 24.0. The number of nitrogens with zero attached hydrogens (tertiary/aromatic N) is 3. The Labute approximate surface area is 159 Å². The van der Waals surface area contributed by atoms with Crippen LogP contribution in [-0.2, 0) is 0 Å². The summed E-state index contributed by atoms with van der Waals surface area (Å²) >= 11 is 6.05. The molecular formula is C20H25ClN4O. The summed E-state index contributed by atoms with van der Waals surface area (Å²) in [6.45, 7) is 6.94. The molecule has 1 aliphatic heterocycles. The van der Waals surface area contributed by atoms with E-state index in [1.54, 1.807) is 18.2 Å². The van der Waals surface area contributed by atoms with Gasteiger partial charge in [-0.15, -0.1) is 0 Å². The van der Waals surface area contributed by atoms with Crippen LogP contribution in [0.1, 0.15) is 54.5 Å². The van der Waals surface area contributed by atoms with Crippen molar-refractivity contribution in [1.29, 1.82) is 0 Å². The lowest BCUT2D eigenvalue weighted by Gasteiger charge is -2.36. The minimum atomic E-state index is -0.243. The van der Waals surface area contributed by atoms with Crippen LogP contribution >= 0.6 is 11.6 Å². The largest absolute Gasteiger partial charge is 0.354 e. The number of nitrogens with one attached hydrogen (secondary N) is 1. The number of carbonyl (C=O) groups excluding carboxylic acids is 1. The van der Waals surface area contributed by atoms with Gasteiger partial charge in [-0.3, -0.25) is 4.79 Å². The zero-order valence-electron chi connectivity index (χ0n) is 15.6. The molecule has 26 heavy (non-hydrogen) atoms. The van der Waals surface area contributed by atoms with E-state index in [2.05, 4.69) is 27.1 Å². The first-order valence-electron chi connectivity index (χ1n) is 9.17. The van der Waals surface area contributed by atoms with Crippen LogP contribution in [0.25, 0.3) is 0 Å². The van der Waals surface area contributed by atoms with Gasteiger partial charge in [0.2, 0.25) is 0 Å². The fourth-order valence-corrected chi connectivity index (χ4v) is 3.63. The molecule has 2 aromatic rings. The molecule has 5 nitrogen and oxygen atoms in total. The lowest BCUT2D eigenvalue weighted by molar-refractivity contribution is 0.102. The molecule has 1 fully saturated rings. The third kappa shape index (κ3) is 4.15. The number of hydrogen-bond donors (Lipinski definition) is 1. The molecule has 0 spiro atoms. The van der Waals surface area contributed by atoms with Gasteiger partial charge in [0.25, 0.3) is 5.91 Å². The fraction of sp³-hybridized carbons (Fsp3) is 0.450. The Morgan fingerprint density at radius 2 is 2.08 bits per heavy atom. The number of carbonyl (C=O) groups is 1. The van der Waals surface area contributed by atoms with Gasteiger partial charge in [-0.25, -0.2) is 9.97 Å². The molecule has 1 aromatic carbocycles. The van der Waals surface area contributed by atoms with Crippen molar-refractivity contribution in [3.8, 4) is 0 Å². The number of hydrogen-bond acceptors (Lipinski definition) is 4. The first-order valence-corrected chi connectivity index (χ1v) is 9.55. The summed E-state index contributed by atoms with van der Waals surface area (Å²) in [5.74, 6) is 1.21. The first kappa shape index (κ1) is 18.6. The maximum Gasteiger partial charge on any atom is 0.274 e. The van der Waals surface area contributed by atoms with Crippen LogP contribution in [0.3, 0.4) is 0 Å². The maximum absolute atomic E-state index is 12.8. The molecule has 3 rings (SSSR count). The number of benzene rings is 1. The van der Waals surface area contributed by atoms with Gasteiger partial charge in [-0.1, -0.05) is 24.6 Å². The van der Waals surface area contributed by atoms with Crippen molar-refractivity contribution < 1.29 is 4.79 Å². The second kappa shape index (κ2) is 8.04. The zero-order valence-corrected chi connectivity index (χ0v) is 16.3. The Morgan fingerprint density at radius 3 is 2.85 bits per heavy atom. The summed E-state index contributed by atoms with van der Waals surface area (Å²) in [5.41, 5.74) is 2.04. The number of aryl methyl sites for hydroxylation is 2. The Bertz CT molecular complexity index is 808. The molecule has 1 saturated heterocycles. The molecule has 0 saturated carbocycles. The second-order valence-electron chi connectivity index (χ2n) is 6.82. The van der Waals surface area contributed by atoms with Crippen LogP contribution in [0.15, 0.2) is 24.3 Å². The summed E-state index contributed by atoms with van der Waals surface area (Å²) in [7, 11) is 0. The number of amides is 1. The lowest BCUT2D eigenvalue weighted by Crippen LogP contribution is -2.40. The standard InChI is InChI=1S/C20H25ClN4O/c1-4-16-7-5-6-10-25(16)19-12-18(22-14(3)23-19)20(26)24-17-11-15(21)9-8-13(17)2/h8-9,11-12,16H,4-7,10H2,1-3H3,(H,24,26). The van der Waals surface area contributed by atoms with E-state index in [4.69, 9.17) is 11.6 Å². The van der Waals surface area contributed by atoms with Crippen LogP contribution in [0, 0.1) is 13.8 Å². The Hall–Kier alpha value is -2.14. The number of halogens is 1. The molecule has 0 aliphatic carbocycles. The summed E-state index contributed by atoms with van der Waals surface area (Å²) in [6.07, 6.45) is 4.65. The van der Waals surface area contributed by atoms with Gasteiger partial charge in [-0.05, 0) is 57.2 Å². The Balaban J connectivity index is 1.87. The molecule has 1 aromatic heterocycles. The van der Waals surface area contributed by atoms with Gasteiger partial charge in [0.05, 0.1) is 0 Å². The predicted octanol–water partition coefficient (Wildman–Crippen LogP) is 4.77. The van der Waals surface area contributed by atoms with Crippen molar-refractivity contribution in [3.05, 3.63) is 46.4 Å². The highest BCUT2D eigenvalue weighted by Crippen LogP contribution is 2.26. The van der Waals surface area contributed by atoms with Gasteiger partial charge >= 0.3 is 0 Å². The van der Waals surface area contributed by atoms with Crippen molar-refractivity contribution in [2.75, 3.05) is 16.8 Å². The number of aromatic nitrogens is 2. The molecule has 1 unspecified atom stereocenters. The monoisotopic (exact) mass is 372 g/mol. The first-order chi connectivity index (χ1) is 12.5. The Kier molecular flexibility index (Phi) is 5.77. The van der Waals surface area contributed by atoms with E-state index in [9.17, 15) is 4.79 Å². The number of piperidine rings is 1. The van der Waals surface area contributed by atoms with E-state index in [0.717, 1.165) is 30.8 Å². The minimum Gasteiger partial charge on any atom is -0.354 e. The van der Waals surface area contributed by atoms with Crippen LogP contribution in [0.4, 0.5) is 11.5 Å². The highest BCUT2D eigenvalue weighted by molar-refractivity contribution is 6.31. The van der Waals surface area contributed by atoms with Crippen LogP contribution < -0.4 is 10.2 Å². The van der Waals surface area contributed by atoms with Gasteiger partial charge < -0.3 is 10.2 Å². The second-order valence-corrected chi connectivity index (χ2v) is 7.26. The fourth-order valence-electron chi connectivity index (χ4n) is 3.46. The molecule has 0 radical (unpaired) electrons. The Morgan fingerprint density at radius 1 is 1.27 bits per heavy atom. The minimum absolute atomic E-state index is 0.243. The third-order valence-electron chi connectivity index (χ3n) is 4.90. The molecule has 6 heteroatoms. The van der Waals surface area contributed by atoms with Gasteiger partial charge in [0, 0.05) is 29.4 Å². The highest BCUT2D eigenvalue weighted by atomic mass is 35.5. The average molecular weight is 373 g/mol.